The number of amides is 1. The number of aromatic nitrogens is 1. The number of hydrogen-bond donors (Lipinski definition) is 2. The molecule has 1 aromatic carbocycles. The molecule has 0 fully saturated rings. The predicted octanol–water partition coefficient (Wildman–Crippen LogP) is 3.06. The van der Waals surface area contributed by atoms with Crippen LogP contribution in [0.5, 0.6) is 5.75 Å². The first-order chi connectivity index (χ1) is 10.9. The van der Waals surface area contributed by atoms with Crippen LogP contribution in [0.1, 0.15) is 33.3 Å². The van der Waals surface area contributed by atoms with Crippen LogP contribution >= 0.6 is 22.9 Å². The number of ether oxygens (including phenoxy) is 1. The van der Waals surface area contributed by atoms with Crippen molar-refractivity contribution in [2.75, 3.05) is 6.61 Å². The minimum Gasteiger partial charge on any atom is -0.482 e. The summed E-state index contributed by atoms with van der Waals surface area (Å²) >= 11 is 6.99. The first-order valence-electron chi connectivity index (χ1n) is 6.75. The van der Waals surface area contributed by atoms with Crippen molar-refractivity contribution >= 4 is 34.8 Å². The zero-order valence-electron chi connectivity index (χ0n) is 12.5. The summed E-state index contributed by atoms with van der Waals surface area (Å²) in [5.74, 6) is -0.941. The van der Waals surface area contributed by atoms with Gasteiger partial charge in [-0.15, -0.1) is 11.3 Å². The number of nitrogens with one attached hydrogen (secondary N) is 1. The zero-order valence-corrected chi connectivity index (χ0v) is 14.1. The van der Waals surface area contributed by atoms with Crippen LogP contribution in [-0.2, 0) is 4.79 Å². The third-order valence-electron chi connectivity index (χ3n) is 2.95. The van der Waals surface area contributed by atoms with Gasteiger partial charge in [-0.3, -0.25) is 4.79 Å². The summed E-state index contributed by atoms with van der Waals surface area (Å²) < 4.78 is 5.35. The van der Waals surface area contributed by atoms with Crippen molar-refractivity contribution in [2.24, 2.45) is 0 Å². The number of rotatable bonds is 6. The van der Waals surface area contributed by atoms with Crippen LogP contribution in [0.25, 0.3) is 0 Å². The zero-order chi connectivity index (χ0) is 17.0. The molecular formula is C15H15ClN2O4S. The van der Waals surface area contributed by atoms with Gasteiger partial charge in [-0.25, -0.2) is 9.78 Å². The minimum atomic E-state index is -1.02. The summed E-state index contributed by atoms with van der Waals surface area (Å²) in [5, 5.41) is 12.7. The minimum absolute atomic E-state index is 0.174. The van der Waals surface area contributed by atoms with E-state index in [0.29, 0.717) is 21.5 Å². The van der Waals surface area contributed by atoms with Crippen molar-refractivity contribution in [3.63, 3.8) is 0 Å². The molecule has 0 aliphatic rings. The molecule has 8 heteroatoms. The van der Waals surface area contributed by atoms with Gasteiger partial charge >= 0.3 is 5.97 Å². The Labute approximate surface area is 142 Å². The van der Waals surface area contributed by atoms with Gasteiger partial charge in [0.1, 0.15) is 15.6 Å². The molecule has 1 amide bonds. The molecule has 2 rings (SSSR count). The number of carboxylic acid groups (broad SMARTS) is 1. The lowest BCUT2D eigenvalue weighted by Gasteiger charge is -2.12. The van der Waals surface area contributed by atoms with E-state index in [2.05, 4.69) is 10.3 Å². The molecule has 23 heavy (non-hydrogen) atoms. The fourth-order valence-electron chi connectivity index (χ4n) is 1.85. The third kappa shape index (κ3) is 4.43. The van der Waals surface area contributed by atoms with Crippen LogP contribution in [0, 0.1) is 6.92 Å². The van der Waals surface area contributed by atoms with E-state index in [1.165, 1.54) is 0 Å². The van der Waals surface area contributed by atoms with Gasteiger partial charge in [0.25, 0.3) is 5.91 Å². The maximum atomic E-state index is 11.9. The topological polar surface area (TPSA) is 88.5 Å². The number of aromatic carboxylic acids is 1. The second-order valence-electron chi connectivity index (χ2n) is 4.78. The standard InChI is InChI=1S/C15H15ClN2O4S/c1-8-13(15(20)21)23-14(18-8)9(2)17-12(19)7-22-11-6-4-3-5-10(11)16/h3-6,9H,7H2,1-2H3,(H,17,19)(H,20,21). The average Bonchev–Trinajstić information content (AvgIpc) is 2.89. The van der Waals surface area contributed by atoms with Crippen molar-refractivity contribution < 1.29 is 19.4 Å². The summed E-state index contributed by atoms with van der Waals surface area (Å²) in [4.78, 5) is 27.3. The number of carbonyl (C=O) groups is 2. The lowest BCUT2D eigenvalue weighted by molar-refractivity contribution is -0.123. The number of para-hydroxylation sites is 1. The molecule has 0 bridgehead atoms. The first-order valence-corrected chi connectivity index (χ1v) is 7.95. The Morgan fingerprint density at radius 3 is 2.74 bits per heavy atom. The van der Waals surface area contributed by atoms with Crippen LogP contribution < -0.4 is 10.1 Å². The van der Waals surface area contributed by atoms with Crippen LogP contribution in [-0.4, -0.2) is 28.6 Å². The predicted molar refractivity (Wildman–Crippen MR) is 87.3 cm³/mol. The van der Waals surface area contributed by atoms with Gasteiger partial charge in [0, 0.05) is 0 Å². The maximum absolute atomic E-state index is 11.9. The molecule has 0 aliphatic carbocycles. The number of thiazole rings is 1. The second-order valence-corrected chi connectivity index (χ2v) is 6.22. The Hall–Kier alpha value is -2.12. The summed E-state index contributed by atoms with van der Waals surface area (Å²) in [7, 11) is 0. The molecule has 0 spiro atoms. The van der Waals surface area contributed by atoms with Gasteiger partial charge in [0.15, 0.2) is 6.61 Å². The number of carbonyl (C=O) groups excluding carboxylic acids is 1. The van der Waals surface area contributed by atoms with Crippen molar-refractivity contribution in [1.29, 1.82) is 0 Å². The molecular weight excluding hydrogens is 340 g/mol. The molecule has 1 unspecified atom stereocenters. The molecule has 0 aliphatic heterocycles. The molecule has 1 aromatic heterocycles. The Bertz CT molecular complexity index is 732. The molecule has 0 saturated heterocycles. The molecule has 2 aromatic rings. The fourth-order valence-corrected chi connectivity index (χ4v) is 2.95. The highest BCUT2D eigenvalue weighted by molar-refractivity contribution is 7.13. The number of benzene rings is 1. The second kappa shape index (κ2) is 7.43. The highest BCUT2D eigenvalue weighted by Gasteiger charge is 2.19. The largest absolute Gasteiger partial charge is 0.482 e. The van der Waals surface area contributed by atoms with Crippen molar-refractivity contribution in [3.8, 4) is 5.75 Å². The summed E-state index contributed by atoms with van der Waals surface area (Å²) in [6.07, 6.45) is 0. The Morgan fingerprint density at radius 1 is 1.43 bits per heavy atom. The summed E-state index contributed by atoms with van der Waals surface area (Å²) in [6.45, 7) is 3.17. The number of hydrogen-bond acceptors (Lipinski definition) is 5. The first kappa shape index (κ1) is 17.2. The number of carboxylic acids is 1. The quantitative estimate of drug-likeness (QED) is 0.832. The van der Waals surface area contributed by atoms with Gasteiger partial charge in [-0.2, -0.15) is 0 Å². The van der Waals surface area contributed by atoms with E-state index in [1.54, 1.807) is 38.1 Å². The highest BCUT2D eigenvalue weighted by atomic mass is 35.5. The van der Waals surface area contributed by atoms with E-state index in [4.69, 9.17) is 21.4 Å². The molecule has 122 valence electrons. The normalized spacial score (nSPS) is 11.8. The van der Waals surface area contributed by atoms with E-state index in [9.17, 15) is 9.59 Å². The van der Waals surface area contributed by atoms with Crippen molar-refractivity contribution in [3.05, 3.63) is 44.9 Å². The molecule has 2 N–H and O–H groups in total. The van der Waals surface area contributed by atoms with Gasteiger partial charge in [0.05, 0.1) is 16.8 Å². The molecule has 1 atom stereocenters. The molecule has 1 heterocycles. The van der Waals surface area contributed by atoms with Gasteiger partial charge in [0.2, 0.25) is 0 Å². The van der Waals surface area contributed by atoms with E-state index < -0.39 is 12.0 Å². The van der Waals surface area contributed by atoms with Crippen molar-refractivity contribution in [1.82, 2.24) is 10.3 Å². The summed E-state index contributed by atoms with van der Waals surface area (Å²) in [6, 6.07) is 6.45. The lowest BCUT2D eigenvalue weighted by Crippen LogP contribution is -2.31. The van der Waals surface area contributed by atoms with E-state index in [-0.39, 0.29) is 17.4 Å². The third-order valence-corrected chi connectivity index (χ3v) is 4.59. The average molecular weight is 355 g/mol. The van der Waals surface area contributed by atoms with E-state index >= 15 is 0 Å². The fraction of sp³-hybridized carbons (Fsp3) is 0.267. The summed E-state index contributed by atoms with van der Waals surface area (Å²) in [5.41, 5.74) is 0.436. The SMILES string of the molecule is Cc1nc(C(C)NC(=O)COc2ccccc2Cl)sc1C(=O)O. The van der Waals surface area contributed by atoms with Crippen LogP contribution in [0.3, 0.4) is 0 Å². The van der Waals surface area contributed by atoms with Gasteiger partial charge in [-0.1, -0.05) is 23.7 Å². The van der Waals surface area contributed by atoms with Gasteiger partial charge < -0.3 is 15.2 Å². The van der Waals surface area contributed by atoms with E-state index in [0.717, 1.165) is 11.3 Å². The monoisotopic (exact) mass is 354 g/mol. The van der Waals surface area contributed by atoms with Crippen LogP contribution in [0.15, 0.2) is 24.3 Å². The van der Waals surface area contributed by atoms with Crippen molar-refractivity contribution in [2.45, 2.75) is 19.9 Å². The van der Waals surface area contributed by atoms with Crippen LogP contribution in [0.2, 0.25) is 5.02 Å². The lowest BCUT2D eigenvalue weighted by atomic mass is 10.3. The Kier molecular flexibility index (Phi) is 5.57. The Balaban J connectivity index is 1.93. The van der Waals surface area contributed by atoms with Gasteiger partial charge in [-0.05, 0) is 26.0 Å². The van der Waals surface area contributed by atoms with Crippen LogP contribution in [0.4, 0.5) is 0 Å². The smallest absolute Gasteiger partial charge is 0.347 e. The maximum Gasteiger partial charge on any atom is 0.347 e. The molecule has 6 nitrogen and oxygen atoms in total. The number of nitrogens with zero attached hydrogens (tertiary/aromatic N) is 1. The molecule has 0 radical (unpaired) electrons. The number of aryl methyl sites for hydroxylation is 1. The number of halogens is 1. The molecule has 0 saturated carbocycles. The highest BCUT2D eigenvalue weighted by Crippen LogP contribution is 2.24. The Morgan fingerprint density at radius 2 is 2.13 bits per heavy atom. The van der Waals surface area contributed by atoms with E-state index in [1.807, 2.05) is 0 Å².